The molecule has 0 aliphatic rings. The first-order valence-corrected chi connectivity index (χ1v) is 10.4. The SMILES string of the molecule is CC(=O)Nc1ccc([As](=O)(O)O)c(O)c1.O=C(O)Cc1ccccc1. The van der Waals surface area contributed by atoms with Gasteiger partial charge in [0, 0.05) is 0 Å². The number of rotatable bonds is 4. The average Bonchev–Trinajstić information content (AvgIpc) is 2.46. The monoisotopic (exact) mass is 411 g/mol. The summed E-state index contributed by atoms with van der Waals surface area (Å²) in [5, 5.41) is 20.1. The van der Waals surface area contributed by atoms with Gasteiger partial charge in [0.1, 0.15) is 0 Å². The average molecular weight is 411 g/mol. The molecule has 1 amide bonds. The van der Waals surface area contributed by atoms with E-state index in [0.29, 0.717) is 0 Å². The van der Waals surface area contributed by atoms with Gasteiger partial charge in [-0.1, -0.05) is 30.3 Å². The Bertz CT molecular complexity index is 786. The van der Waals surface area contributed by atoms with Crippen LogP contribution in [0.5, 0.6) is 5.75 Å². The Hall–Kier alpha value is -2.54. The maximum atomic E-state index is 10.9. The zero-order valence-electron chi connectivity index (χ0n) is 13.3. The molecule has 2 aromatic carbocycles. The summed E-state index contributed by atoms with van der Waals surface area (Å²) in [5.74, 6) is -1.64. The zero-order valence-corrected chi connectivity index (χ0v) is 15.2. The first kappa shape index (κ1) is 20.5. The number of aromatic hydroxyl groups is 1. The summed E-state index contributed by atoms with van der Waals surface area (Å²) in [4.78, 5) is 20.8. The summed E-state index contributed by atoms with van der Waals surface area (Å²) in [7, 11) is 0. The van der Waals surface area contributed by atoms with E-state index in [4.69, 9.17) is 13.3 Å². The van der Waals surface area contributed by atoms with E-state index < -0.39 is 30.2 Å². The minimum atomic E-state index is -5.09. The van der Waals surface area contributed by atoms with Gasteiger partial charge in [-0.05, 0) is 5.56 Å². The van der Waals surface area contributed by atoms with Crippen LogP contribution in [0.3, 0.4) is 0 Å². The molecule has 0 heterocycles. The van der Waals surface area contributed by atoms with Crippen molar-refractivity contribution >= 4 is 36.1 Å². The Balaban J connectivity index is 0.000000271. The molecule has 2 rings (SSSR count). The number of nitrogens with one attached hydrogen (secondary N) is 1. The van der Waals surface area contributed by atoms with Crippen molar-refractivity contribution < 1.29 is 31.7 Å². The van der Waals surface area contributed by atoms with Crippen molar-refractivity contribution in [3.8, 4) is 5.75 Å². The van der Waals surface area contributed by atoms with Gasteiger partial charge >= 0.3 is 94.1 Å². The predicted molar refractivity (Wildman–Crippen MR) is 90.7 cm³/mol. The number of hydrogen-bond donors (Lipinski definition) is 5. The second kappa shape index (κ2) is 9.08. The standard InChI is InChI=1S/C8H10AsNO5.C8H8O2/c1-5(11)10-6-2-3-7(8(12)4-6)9(13,14)15;9-8(10)6-7-4-2-1-3-5-7/h2-4,12H,1H3,(H,10,11)(H2,13,14,15);1-5H,6H2,(H,9,10). The van der Waals surface area contributed by atoms with Gasteiger partial charge in [-0.2, -0.15) is 0 Å². The van der Waals surface area contributed by atoms with Gasteiger partial charge < -0.3 is 5.11 Å². The number of anilines is 1. The van der Waals surface area contributed by atoms with E-state index in [1.54, 1.807) is 12.1 Å². The minimum absolute atomic E-state index is 0.112. The third kappa shape index (κ3) is 7.71. The summed E-state index contributed by atoms with van der Waals surface area (Å²) in [6, 6.07) is 12.6. The Morgan fingerprint density at radius 2 is 1.68 bits per heavy atom. The van der Waals surface area contributed by atoms with Crippen LogP contribution in [0.25, 0.3) is 0 Å². The van der Waals surface area contributed by atoms with Crippen LogP contribution in [0.1, 0.15) is 12.5 Å². The number of benzene rings is 2. The van der Waals surface area contributed by atoms with Crippen molar-refractivity contribution in [3.05, 3.63) is 54.1 Å². The van der Waals surface area contributed by atoms with E-state index in [1.807, 2.05) is 18.2 Å². The number of hydrogen-bond acceptors (Lipinski definition) is 4. The smallest absolute Gasteiger partial charge is 0.307 e. The van der Waals surface area contributed by atoms with Crippen molar-refractivity contribution in [1.82, 2.24) is 0 Å². The molecule has 0 fully saturated rings. The number of carboxylic acids is 1. The Morgan fingerprint density at radius 3 is 2.12 bits per heavy atom. The zero-order chi connectivity index (χ0) is 19.0. The molecular weight excluding hydrogens is 393 g/mol. The molecule has 9 heteroatoms. The van der Waals surface area contributed by atoms with Crippen molar-refractivity contribution in [2.24, 2.45) is 0 Å². The van der Waals surface area contributed by atoms with Gasteiger partial charge in [0.2, 0.25) is 0 Å². The number of amides is 1. The quantitative estimate of drug-likeness (QED) is 0.453. The number of phenols is 1. The fourth-order valence-electron chi connectivity index (χ4n) is 1.82. The molecule has 5 N–H and O–H groups in total. The Morgan fingerprint density at radius 1 is 1.08 bits per heavy atom. The van der Waals surface area contributed by atoms with E-state index >= 15 is 0 Å². The van der Waals surface area contributed by atoms with Crippen molar-refractivity contribution in [1.29, 1.82) is 0 Å². The molecule has 2 aromatic rings. The van der Waals surface area contributed by atoms with Crippen LogP contribution in [-0.4, -0.2) is 44.5 Å². The molecule has 134 valence electrons. The molecule has 0 spiro atoms. The summed E-state index contributed by atoms with van der Waals surface area (Å²) < 4.78 is 28.2. The Kier molecular flexibility index (Phi) is 7.44. The molecular formula is C16H18AsNO7. The summed E-state index contributed by atoms with van der Waals surface area (Å²) >= 11 is -5.09. The number of carbonyl (C=O) groups excluding carboxylic acids is 1. The molecule has 0 saturated carbocycles. The molecule has 0 aromatic heterocycles. The number of carbonyl (C=O) groups is 2. The van der Waals surface area contributed by atoms with Gasteiger partial charge in [0.25, 0.3) is 0 Å². The predicted octanol–water partition coefficient (Wildman–Crippen LogP) is 0.225. The van der Waals surface area contributed by atoms with E-state index in [9.17, 15) is 18.4 Å². The maximum absolute atomic E-state index is 10.9. The largest absolute Gasteiger partial charge is 0.481 e. The second-order valence-corrected chi connectivity index (χ2v) is 8.28. The van der Waals surface area contributed by atoms with Gasteiger partial charge in [-0.15, -0.1) is 0 Å². The van der Waals surface area contributed by atoms with Crippen molar-refractivity contribution in [3.63, 3.8) is 0 Å². The molecule has 0 bridgehead atoms. The van der Waals surface area contributed by atoms with Crippen LogP contribution in [0.15, 0.2) is 48.5 Å². The van der Waals surface area contributed by atoms with Gasteiger partial charge in [-0.3, -0.25) is 4.79 Å². The molecule has 0 atom stereocenters. The van der Waals surface area contributed by atoms with Crippen LogP contribution < -0.4 is 9.67 Å². The van der Waals surface area contributed by atoms with E-state index in [0.717, 1.165) is 17.7 Å². The van der Waals surface area contributed by atoms with Crippen LogP contribution in [0.2, 0.25) is 0 Å². The first-order valence-electron chi connectivity index (χ1n) is 7.02. The Labute approximate surface area is 146 Å². The number of aliphatic carboxylic acids is 1. The van der Waals surface area contributed by atoms with Crippen molar-refractivity contribution in [2.45, 2.75) is 13.3 Å². The normalized spacial score (nSPS) is 10.4. The molecule has 0 unspecified atom stereocenters. The van der Waals surface area contributed by atoms with Gasteiger partial charge in [0.05, 0.1) is 6.42 Å². The van der Waals surface area contributed by atoms with Crippen LogP contribution in [0.4, 0.5) is 5.69 Å². The number of phenolic OH excluding ortho intramolecular Hbond substituents is 1. The van der Waals surface area contributed by atoms with Gasteiger partial charge in [0.15, 0.2) is 0 Å². The topological polar surface area (TPSA) is 144 Å². The molecule has 0 saturated heterocycles. The molecule has 25 heavy (non-hydrogen) atoms. The summed E-state index contributed by atoms with van der Waals surface area (Å²) in [6.07, 6.45) is 0.112. The second-order valence-electron chi connectivity index (χ2n) is 4.98. The van der Waals surface area contributed by atoms with Crippen LogP contribution >= 0.6 is 0 Å². The van der Waals surface area contributed by atoms with Crippen molar-refractivity contribution in [2.75, 3.05) is 5.32 Å². The summed E-state index contributed by atoms with van der Waals surface area (Å²) in [6.45, 7) is 1.29. The maximum Gasteiger partial charge on any atom is 0.307 e. The van der Waals surface area contributed by atoms with Crippen LogP contribution in [-0.2, 0) is 19.7 Å². The molecule has 0 aliphatic heterocycles. The first-order chi connectivity index (χ1) is 11.6. The molecule has 8 nitrogen and oxygen atoms in total. The fourth-order valence-corrected chi connectivity index (χ4v) is 3.15. The number of carboxylic acid groups (broad SMARTS) is 1. The van der Waals surface area contributed by atoms with E-state index in [2.05, 4.69) is 5.32 Å². The third-order valence-electron chi connectivity index (χ3n) is 2.81. The van der Waals surface area contributed by atoms with Crippen LogP contribution in [0, 0.1) is 0 Å². The summed E-state index contributed by atoms with van der Waals surface area (Å²) in [5.41, 5.74) is 1.13. The third-order valence-corrected chi connectivity index (χ3v) is 4.92. The molecule has 0 aliphatic carbocycles. The van der Waals surface area contributed by atoms with E-state index in [1.165, 1.54) is 13.0 Å². The minimum Gasteiger partial charge on any atom is -0.481 e. The molecule has 0 radical (unpaired) electrons. The van der Waals surface area contributed by atoms with Gasteiger partial charge in [-0.25, -0.2) is 0 Å². The van der Waals surface area contributed by atoms with E-state index in [-0.39, 0.29) is 18.0 Å². The fraction of sp³-hybridized carbons (Fsp3) is 0.125.